The van der Waals surface area contributed by atoms with E-state index in [0.29, 0.717) is 5.41 Å². The van der Waals surface area contributed by atoms with Gasteiger partial charge in [-0.1, -0.05) is 23.7 Å². The maximum absolute atomic E-state index is 6.22. The zero-order chi connectivity index (χ0) is 18.4. The Bertz CT molecular complexity index is 983. The van der Waals surface area contributed by atoms with Crippen molar-refractivity contribution in [2.75, 3.05) is 31.2 Å². The van der Waals surface area contributed by atoms with Gasteiger partial charge in [0.15, 0.2) is 11.5 Å². The largest absolute Gasteiger partial charge is 0.381 e. The van der Waals surface area contributed by atoms with Crippen molar-refractivity contribution in [1.29, 1.82) is 0 Å². The fourth-order valence-corrected chi connectivity index (χ4v) is 4.71. The number of nitrogens with zero attached hydrogens (tertiary/aromatic N) is 4. The zero-order valence-corrected chi connectivity index (χ0v) is 16.2. The van der Waals surface area contributed by atoms with Crippen molar-refractivity contribution in [1.82, 2.24) is 14.4 Å². The summed E-state index contributed by atoms with van der Waals surface area (Å²) in [6.45, 7) is 5.91. The molecule has 4 heterocycles. The molecule has 27 heavy (non-hydrogen) atoms. The van der Waals surface area contributed by atoms with Gasteiger partial charge in [0.2, 0.25) is 0 Å². The predicted octanol–water partition coefficient (Wildman–Crippen LogP) is 4.37. The molecule has 0 bridgehead atoms. The Morgan fingerprint density at radius 1 is 1.19 bits per heavy atom. The predicted molar refractivity (Wildman–Crippen MR) is 107 cm³/mol. The summed E-state index contributed by atoms with van der Waals surface area (Å²) in [5, 5.41) is 0.726. The number of rotatable bonds is 2. The highest BCUT2D eigenvalue weighted by atomic mass is 35.5. The van der Waals surface area contributed by atoms with Crippen LogP contribution in [0.15, 0.2) is 36.7 Å². The lowest BCUT2D eigenvalue weighted by Crippen LogP contribution is -2.41. The van der Waals surface area contributed by atoms with Crippen LogP contribution in [0.1, 0.15) is 25.0 Å². The van der Waals surface area contributed by atoms with Gasteiger partial charge in [0.05, 0.1) is 18.0 Å². The first-order chi connectivity index (χ1) is 13.2. The van der Waals surface area contributed by atoms with Crippen molar-refractivity contribution in [3.8, 4) is 11.3 Å². The van der Waals surface area contributed by atoms with Crippen LogP contribution in [-0.4, -0.2) is 40.7 Å². The number of aryl methyl sites for hydroxylation is 1. The minimum absolute atomic E-state index is 0.387. The average Bonchev–Trinajstić information content (AvgIpc) is 3.32. The van der Waals surface area contributed by atoms with Crippen LogP contribution >= 0.6 is 11.6 Å². The molecule has 5 nitrogen and oxygen atoms in total. The van der Waals surface area contributed by atoms with E-state index in [2.05, 4.69) is 27.3 Å². The molecule has 2 aliphatic rings. The second-order valence-corrected chi connectivity index (χ2v) is 8.23. The van der Waals surface area contributed by atoms with Gasteiger partial charge in [-0.3, -0.25) is 4.40 Å². The van der Waals surface area contributed by atoms with Crippen LogP contribution in [-0.2, 0) is 4.74 Å². The molecular weight excluding hydrogens is 360 g/mol. The molecule has 2 aromatic heterocycles. The van der Waals surface area contributed by atoms with Gasteiger partial charge < -0.3 is 9.64 Å². The van der Waals surface area contributed by atoms with Gasteiger partial charge in [0.1, 0.15) is 0 Å². The summed E-state index contributed by atoms with van der Waals surface area (Å²) in [5.41, 5.74) is 4.39. The van der Waals surface area contributed by atoms with Crippen LogP contribution in [0, 0.1) is 12.3 Å². The van der Waals surface area contributed by atoms with Crippen molar-refractivity contribution in [2.24, 2.45) is 5.41 Å². The minimum atomic E-state index is 0.387. The van der Waals surface area contributed by atoms with E-state index >= 15 is 0 Å². The summed E-state index contributed by atoms with van der Waals surface area (Å²) >= 11 is 6.22. The highest BCUT2D eigenvalue weighted by Crippen LogP contribution is 2.40. The molecule has 3 aromatic rings. The zero-order valence-electron chi connectivity index (χ0n) is 15.5. The fourth-order valence-electron chi connectivity index (χ4n) is 4.52. The molecule has 0 unspecified atom stereocenters. The maximum atomic E-state index is 6.22. The lowest BCUT2D eigenvalue weighted by atomic mass is 9.78. The van der Waals surface area contributed by atoms with E-state index in [4.69, 9.17) is 21.3 Å². The van der Waals surface area contributed by atoms with E-state index in [1.54, 1.807) is 0 Å². The van der Waals surface area contributed by atoms with Crippen LogP contribution < -0.4 is 4.90 Å². The Balaban J connectivity index is 1.54. The van der Waals surface area contributed by atoms with Gasteiger partial charge in [0, 0.05) is 42.7 Å². The van der Waals surface area contributed by atoms with E-state index in [1.807, 2.05) is 30.6 Å². The van der Waals surface area contributed by atoms with Crippen LogP contribution in [0.3, 0.4) is 0 Å². The van der Waals surface area contributed by atoms with Crippen LogP contribution in [0.5, 0.6) is 0 Å². The average molecular weight is 383 g/mol. The monoisotopic (exact) mass is 382 g/mol. The van der Waals surface area contributed by atoms with Crippen LogP contribution in [0.25, 0.3) is 16.9 Å². The van der Waals surface area contributed by atoms with Gasteiger partial charge in [0.25, 0.3) is 0 Å². The summed E-state index contributed by atoms with van der Waals surface area (Å²) in [6.07, 6.45) is 7.39. The van der Waals surface area contributed by atoms with Crippen molar-refractivity contribution in [3.63, 3.8) is 0 Å². The summed E-state index contributed by atoms with van der Waals surface area (Å²) < 4.78 is 7.81. The lowest BCUT2D eigenvalue weighted by Gasteiger charge is -2.39. The van der Waals surface area contributed by atoms with Gasteiger partial charge in [-0.15, -0.1) is 0 Å². The van der Waals surface area contributed by atoms with Crippen LogP contribution in [0.4, 0.5) is 5.82 Å². The molecule has 6 heteroatoms. The summed E-state index contributed by atoms with van der Waals surface area (Å²) in [5.74, 6) is 0.983. The third-order valence-corrected chi connectivity index (χ3v) is 6.34. The SMILES string of the molecule is Cc1nc(N2CCC3(CCOC3)CC2)c2nccn2c1-c1cccc(Cl)c1. The topological polar surface area (TPSA) is 42.7 Å². The Morgan fingerprint density at radius 2 is 2.04 bits per heavy atom. The molecular formula is C21H23ClN4O. The maximum Gasteiger partial charge on any atom is 0.180 e. The number of hydrogen-bond donors (Lipinski definition) is 0. The van der Waals surface area contributed by atoms with E-state index in [-0.39, 0.29) is 0 Å². The first kappa shape index (κ1) is 17.0. The first-order valence-electron chi connectivity index (χ1n) is 9.58. The van der Waals surface area contributed by atoms with Gasteiger partial charge >= 0.3 is 0 Å². The molecule has 2 aliphatic heterocycles. The van der Waals surface area contributed by atoms with Gasteiger partial charge in [-0.25, -0.2) is 9.97 Å². The number of ether oxygens (including phenoxy) is 1. The van der Waals surface area contributed by atoms with Gasteiger partial charge in [-0.05, 0) is 43.7 Å². The number of fused-ring (bicyclic) bond motifs is 1. The Morgan fingerprint density at radius 3 is 2.78 bits per heavy atom. The van der Waals surface area contributed by atoms with E-state index in [9.17, 15) is 0 Å². The number of aromatic nitrogens is 3. The number of anilines is 1. The second-order valence-electron chi connectivity index (χ2n) is 7.79. The van der Waals surface area contributed by atoms with Crippen molar-refractivity contribution < 1.29 is 4.74 Å². The number of benzene rings is 1. The fraction of sp³-hybridized carbons (Fsp3) is 0.429. The van der Waals surface area contributed by atoms with Crippen LogP contribution in [0.2, 0.25) is 5.02 Å². The summed E-state index contributed by atoms with van der Waals surface area (Å²) in [7, 11) is 0. The third-order valence-electron chi connectivity index (χ3n) is 6.10. The van der Waals surface area contributed by atoms with E-state index < -0.39 is 0 Å². The van der Waals surface area contributed by atoms with Gasteiger partial charge in [-0.2, -0.15) is 0 Å². The first-order valence-corrected chi connectivity index (χ1v) is 9.95. The number of imidazole rings is 1. The lowest BCUT2D eigenvalue weighted by molar-refractivity contribution is 0.133. The molecule has 0 amide bonds. The molecule has 2 fully saturated rings. The van der Waals surface area contributed by atoms with Crippen molar-refractivity contribution in [2.45, 2.75) is 26.2 Å². The van der Waals surface area contributed by atoms with Crippen molar-refractivity contribution in [3.05, 3.63) is 47.4 Å². The quantitative estimate of drug-likeness (QED) is 0.660. The number of piperidine rings is 1. The Labute approximate surface area is 163 Å². The molecule has 0 N–H and O–H groups in total. The molecule has 1 spiro atoms. The molecule has 0 aliphatic carbocycles. The normalized spacial score (nSPS) is 19.3. The second kappa shape index (κ2) is 6.50. The number of halogens is 1. The highest BCUT2D eigenvalue weighted by molar-refractivity contribution is 6.30. The standard InChI is InChI=1S/C21H23ClN4O/c1-15-18(16-3-2-4-17(22)13-16)26-11-8-23-19(26)20(24-15)25-9-5-21(6-10-25)7-12-27-14-21/h2-4,8,11,13H,5-7,9-10,12,14H2,1H3. The minimum Gasteiger partial charge on any atom is -0.381 e. The van der Waals surface area contributed by atoms with E-state index in [1.165, 1.54) is 6.42 Å². The summed E-state index contributed by atoms with van der Waals surface area (Å²) in [6, 6.07) is 7.92. The van der Waals surface area contributed by atoms with Crippen molar-refractivity contribution >= 4 is 23.1 Å². The number of hydrogen-bond acceptors (Lipinski definition) is 4. The Hall–Kier alpha value is -2.11. The molecule has 1 aromatic carbocycles. The molecule has 140 valence electrons. The van der Waals surface area contributed by atoms with E-state index in [0.717, 1.165) is 72.6 Å². The molecule has 5 rings (SSSR count). The third kappa shape index (κ3) is 2.89. The molecule has 2 saturated heterocycles. The highest BCUT2D eigenvalue weighted by Gasteiger charge is 2.38. The molecule has 0 saturated carbocycles. The Kier molecular flexibility index (Phi) is 4.10. The molecule has 0 radical (unpaired) electrons. The summed E-state index contributed by atoms with van der Waals surface area (Å²) in [4.78, 5) is 12.0. The smallest absolute Gasteiger partial charge is 0.180 e. The molecule has 0 atom stereocenters.